The summed E-state index contributed by atoms with van der Waals surface area (Å²) in [4.78, 5) is 4.97. The normalized spacial score (nSPS) is 13.0. The number of halogens is 1. The zero-order valence-electron chi connectivity index (χ0n) is 15.9. The molecule has 0 spiro atoms. The average Bonchev–Trinajstić information content (AvgIpc) is 3.07. The minimum absolute atomic E-state index is 0.220. The van der Waals surface area contributed by atoms with Gasteiger partial charge in [0.1, 0.15) is 11.5 Å². The third-order valence-electron chi connectivity index (χ3n) is 4.80. The molecular weight excluding hydrogens is 391 g/mol. The van der Waals surface area contributed by atoms with E-state index in [1.54, 1.807) is 49.4 Å². The van der Waals surface area contributed by atoms with E-state index in [1.165, 1.54) is 12.1 Å². The summed E-state index contributed by atoms with van der Waals surface area (Å²) in [6, 6.07) is 16.2. The van der Waals surface area contributed by atoms with Crippen molar-refractivity contribution in [2.45, 2.75) is 17.9 Å². The van der Waals surface area contributed by atoms with Gasteiger partial charge in [-0.3, -0.25) is 4.40 Å². The van der Waals surface area contributed by atoms with Crippen LogP contribution in [0.25, 0.3) is 28.2 Å². The lowest BCUT2D eigenvalue weighted by molar-refractivity contribution is 0.200. The molecule has 1 N–H and O–H groups in total. The molecule has 148 valence electrons. The molecule has 0 amide bonds. The smallest absolute Gasteiger partial charge is 0.175 e. The van der Waals surface area contributed by atoms with Crippen molar-refractivity contribution in [2.75, 3.05) is 6.26 Å². The Balaban J connectivity index is 2.01. The monoisotopic (exact) mass is 410 g/mol. The Morgan fingerprint density at radius 1 is 1.00 bits per heavy atom. The molecular formula is C22H19FN2O3S. The van der Waals surface area contributed by atoms with Crippen LogP contribution in [-0.2, 0) is 9.84 Å². The summed E-state index contributed by atoms with van der Waals surface area (Å²) in [6.07, 6.45) is 2.27. The van der Waals surface area contributed by atoms with E-state index in [-0.39, 0.29) is 10.7 Å². The van der Waals surface area contributed by atoms with Crippen LogP contribution in [0.1, 0.15) is 18.6 Å². The summed E-state index contributed by atoms with van der Waals surface area (Å²) in [6.45, 7) is 1.67. The molecule has 1 unspecified atom stereocenters. The summed E-state index contributed by atoms with van der Waals surface area (Å²) in [7, 11) is -3.31. The van der Waals surface area contributed by atoms with Crippen molar-refractivity contribution in [3.05, 3.63) is 78.2 Å². The molecule has 2 aromatic heterocycles. The van der Waals surface area contributed by atoms with Crippen LogP contribution in [0, 0.1) is 5.82 Å². The lowest BCUT2D eigenvalue weighted by Gasteiger charge is -2.08. The minimum atomic E-state index is -3.31. The molecule has 0 saturated carbocycles. The highest BCUT2D eigenvalue weighted by Crippen LogP contribution is 2.35. The van der Waals surface area contributed by atoms with Crippen LogP contribution < -0.4 is 0 Å². The maximum atomic E-state index is 13.5. The number of fused-ring (bicyclic) bond motifs is 1. The van der Waals surface area contributed by atoms with Crippen LogP contribution in [0.3, 0.4) is 0 Å². The predicted octanol–water partition coefficient (Wildman–Crippen LogP) is 4.26. The zero-order chi connectivity index (χ0) is 20.8. The molecule has 7 heteroatoms. The molecule has 5 nitrogen and oxygen atoms in total. The van der Waals surface area contributed by atoms with Gasteiger partial charge < -0.3 is 5.11 Å². The summed E-state index contributed by atoms with van der Waals surface area (Å²) >= 11 is 0. The SMILES string of the molecule is CC(O)c1cccn2c(-c3ccc(F)cc3)c(-c3ccc(S(C)(=O)=O)cc3)nc12. The molecule has 0 aliphatic heterocycles. The van der Waals surface area contributed by atoms with Crippen molar-refractivity contribution in [3.63, 3.8) is 0 Å². The number of hydrogen-bond acceptors (Lipinski definition) is 4. The maximum absolute atomic E-state index is 13.5. The number of benzene rings is 2. The van der Waals surface area contributed by atoms with Gasteiger partial charge in [0.15, 0.2) is 9.84 Å². The molecule has 29 heavy (non-hydrogen) atoms. The van der Waals surface area contributed by atoms with E-state index in [2.05, 4.69) is 0 Å². The molecule has 0 aliphatic rings. The van der Waals surface area contributed by atoms with Crippen LogP contribution >= 0.6 is 0 Å². The number of hydrogen-bond donors (Lipinski definition) is 1. The van der Waals surface area contributed by atoms with E-state index < -0.39 is 15.9 Å². The van der Waals surface area contributed by atoms with Crippen LogP contribution in [0.4, 0.5) is 4.39 Å². The lowest BCUT2D eigenvalue weighted by atomic mass is 10.0. The molecule has 4 rings (SSSR count). The first-order valence-electron chi connectivity index (χ1n) is 9.01. The van der Waals surface area contributed by atoms with Gasteiger partial charge in [-0.05, 0) is 49.4 Å². The van der Waals surface area contributed by atoms with E-state index in [9.17, 15) is 17.9 Å². The predicted molar refractivity (Wildman–Crippen MR) is 110 cm³/mol. The highest BCUT2D eigenvalue weighted by Gasteiger charge is 2.19. The Hall–Kier alpha value is -3.03. The van der Waals surface area contributed by atoms with E-state index in [4.69, 9.17) is 4.98 Å². The van der Waals surface area contributed by atoms with Crippen molar-refractivity contribution in [3.8, 4) is 22.5 Å². The summed E-state index contributed by atoms with van der Waals surface area (Å²) in [5, 5.41) is 10.2. The number of imidazole rings is 1. The fraction of sp³-hybridized carbons (Fsp3) is 0.136. The quantitative estimate of drug-likeness (QED) is 0.546. The first-order valence-corrected chi connectivity index (χ1v) is 10.9. The standard InChI is InChI=1S/C22H19FN2O3S/c1-14(26)19-4-3-13-25-21(16-5-9-17(23)10-6-16)20(24-22(19)25)15-7-11-18(12-8-15)29(2,27)28/h3-14,26H,1-2H3. The molecule has 0 bridgehead atoms. The van der Waals surface area contributed by atoms with Crippen LogP contribution in [-0.4, -0.2) is 29.2 Å². The van der Waals surface area contributed by atoms with Gasteiger partial charge in [0.2, 0.25) is 0 Å². The average molecular weight is 410 g/mol. The zero-order valence-corrected chi connectivity index (χ0v) is 16.7. The molecule has 0 aliphatic carbocycles. The van der Waals surface area contributed by atoms with Gasteiger partial charge in [-0.1, -0.05) is 18.2 Å². The van der Waals surface area contributed by atoms with E-state index in [0.29, 0.717) is 16.9 Å². The fourth-order valence-electron chi connectivity index (χ4n) is 3.36. The van der Waals surface area contributed by atoms with E-state index in [0.717, 1.165) is 23.1 Å². The summed E-state index contributed by atoms with van der Waals surface area (Å²) in [5.74, 6) is -0.341. The highest BCUT2D eigenvalue weighted by atomic mass is 32.2. The van der Waals surface area contributed by atoms with Gasteiger partial charge >= 0.3 is 0 Å². The third kappa shape index (κ3) is 3.54. The molecule has 1 atom stereocenters. The topological polar surface area (TPSA) is 71.7 Å². The van der Waals surface area contributed by atoms with Gasteiger partial charge in [0.25, 0.3) is 0 Å². The van der Waals surface area contributed by atoms with Gasteiger partial charge in [-0.2, -0.15) is 0 Å². The van der Waals surface area contributed by atoms with Gasteiger partial charge in [-0.15, -0.1) is 0 Å². The van der Waals surface area contributed by atoms with Gasteiger partial charge in [0, 0.05) is 29.1 Å². The van der Waals surface area contributed by atoms with Crippen molar-refractivity contribution >= 4 is 15.5 Å². The van der Waals surface area contributed by atoms with Crippen LogP contribution in [0.15, 0.2) is 71.8 Å². The maximum Gasteiger partial charge on any atom is 0.175 e. The van der Waals surface area contributed by atoms with Gasteiger partial charge in [-0.25, -0.2) is 17.8 Å². The molecule has 2 heterocycles. The molecule has 0 fully saturated rings. The number of sulfone groups is 1. The Morgan fingerprint density at radius 2 is 1.62 bits per heavy atom. The van der Waals surface area contributed by atoms with Crippen molar-refractivity contribution < 1.29 is 17.9 Å². The second-order valence-electron chi connectivity index (χ2n) is 6.95. The number of rotatable bonds is 4. The number of nitrogens with zero attached hydrogens (tertiary/aromatic N) is 2. The van der Waals surface area contributed by atoms with Gasteiger partial charge in [0.05, 0.1) is 22.4 Å². The van der Waals surface area contributed by atoms with E-state index >= 15 is 0 Å². The Morgan fingerprint density at radius 3 is 2.21 bits per heavy atom. The van der Waals surface area contributed by atoms with Crippen molar-refractivity contribution in [1.82, 2.24) is 9.38 Å². The summed E-state index contributed by atoms with van der Waals surface area (Å²) in [5.41, 5.74) is 4.07. The number of pyridine rings is 1. The molecule has 0 radical (unpaired) electrons. The third-order valence-corrected chi connectivity index (χ3v) is 5.93. The van der Waals surface area contributed by atoms with Crippen LogP contribution in [0.2, 0.25) is 0 Å². The van der Waals surface area contributed by atoms with Crippen LogP contribution in [0.5, 0.6) is 0 Å². The Kier molecular flexibility index (Phi) is 4.72. The first-order chi connectivity index (χ1) is 13.8. The molecule has 0 saturated heterocycles. The minimum Gasteiger partial charge on any atom is -0.389 e. The second kappa shape index (κ2) is 7.09. The largest absolute Gasteiger partial charge is 0.389 e. The Bertz CT molecular complexity index is 1290. The number of aliphatic hydroxyl groups excluding tert-OH is 1. The van der Waals surface area contributed by atoms with Crippen molar-refractivity contribution in [2.24, 2.45) is 0 Å². The lowest BCUT2D eigenvalue weighted by Crippen LogP contribution is -1.97. The number of aromatic nitrogens is 2. The first kappa shape index (κ1) is 19.3. The highest BCUT2D eigenvalue weighted by molar-refractivity contribution is 7.90. The molecule has 2 aromatic carbocycles. The summed E-state index contributed by atoms with van der Waals surface area (Å²) < 4.78 is 38.9. The van der Waals surface area contributed by atoms with E-state index in [1.807, 2.05) is 16.7 Å². The number of aliphatic hydroxyl groups is 1. The molecule has 4 aromatic rings. The Labute approximate surface area is 168 Å². The fourth-order valence-corrected chi connectivity index (χ4v) is 3.99. The van der Waals surface area contributed by atoms with Crippen molar-refractivity contribution in [1.29, 1.82) is 0 Å². The second-order valence-corrected chi connectivity index (χ2v) is 8.96.